The van der Waals surface area contributed by atoms with Crippen LogP contribution in [0.4, 0.5) is 0 Å². The van der Waals surface area contributed by atoms with Gasteiger partial charge in [-0.3, -0.25) is 14.5 Å². The zero-order chi connectivity index (χ0) is 26.5. The summed E-state index contributed by atoms with van der Waals surface area (Å²) in [4.78, 5) is 29.9. The van der Waals surface area contributed by atoms with Gasteiger partial charge < -0.3 is 15.5 Å². The van der Waals surface area contributed by atoms with Gasteiger partial charge in [0.1, 0.15) is 6.04 Å². The molecule has 6 atom stereocenters. The second kappa shape index (κ2) is 12.4. The van der Waals surface area contributed by atoms with E-state index in [1.54, 1.807) is 4.90 Å². The first-order valence-electron chi connectivity index (χ1n) is 14.3. The van der Waals surface area contributed by atoms with Gasteiger partial charge in [0.2, 0.25) is 12.3 Å². The minimum atomic E-state index is -0.124. The quantitative estimate of drug-likeness (QED) is 0.563. The number of rotatable bonds is 7. The molecule has 5 unspecified atom stereocenters. The van der Waals surface area contributed by atoms with Gasteiger partial charge in [0.15, 0.2) is 0 Å². The molecule has 2 saturated heterocycles. The summed E-state index contributed by atoms with van der Waals surface area (Å²) in [5.74, 6) is 1.51. The highest BCUT2D eigenvalue weighted by atomic mass is 16.2. The van der Waals surface area contributed by atoms with Crippen molar-refractivity contribution in [3.63, 3.8) is 0 Å². The Hall–Kier alpha value is -2.43. The van der Waals surface area contributed by atoms with Crippen LogP contribution in [0.5, 0.6) is 0 Å². The number of piperazine rings is 1. The van der Waals surface area contributed by atoms with Gasteiger partial charge in [-0.15, -0.1) is 0 Å². The fraction of sp³-hybridized carbons (Fsp3) is 0.700. The van der Waals surface area contributed by atoms with Crippen LogP contribution >= 0.6 is 0 Å². The smallest absolute Gasteiger partial charge is 0.237 e. The average Bonchev–Trinajstić information content (AvgIpc) is 3.57. The van der Waals surface area contributed by atoms with Crippen LogP contribution in [0.15, 0.2) is 24.3 Å². The molecule has 1 aromatic carbocycles. The maximum Gasteiger partial charge on any atom is 0.237 e. The number of likely N-dealkylation sites (tertiary alicyclic amines) is 1. The molecule has 37 heavy (non-hydrogen) atoms. The lowest BCUT2D eigenvalue weighted by Crippen LogP contribution is -2.59. The van der Waals surface area contributed by atoms with Gasteiger partial charge in [-0.25, -0.2) is 0 Å². The lowest BCUT2D eigenvalue weighted by molar-refractivity contribution is -0.146. The lowest BCUT2D eigenvalue weighted by Gasteiger charge is -2.48. The molecule has 4 fully saturated rings. The second-order valence-electron chi connectivity index (χ2n) is 11.8. The fourth-order valence-electron chi connectivity index (χ4n) is 6.82. The summed E-state index contributed by atoms with van der Waals surface area (Å²) in [6, 6.07) is 11.9. The van der Waals surface area contributed by atoms with E-state index in [0.29, 0.717) is 24.4 Å². The molecule has 0 radical (unpaired) electrons. The first-order chi connectivity index (χ1) is 17.9. The number of aryl methyl sites for hydroxylation is 1. The SMILES string of the molecule is CC[C@H]1CN(CC(C)N)CC(=O)N1C(c1ccc(C)cc1)C1CCCCC1.N#CC1CC2CC2N1C=O. The van der Waals surface area contributed by atoms with Crippen molar-refractivity contribution in [2.45, 2.75) is 102 Å². The zero-order valence-electron chi connectivity index (χ0n) is 22.9. The van der Waals surface area contributed by atoms with E-state index < -0.39 is 0 Å². The summed E-state index contributed by atoms with van der Waals surface area (Å²) >= 11 is 0. The molecule has 2 amide bonds. The summed E-state index contributed by atoms with van der Waals surface area (Å²) in [6.45, 7) is 8.62. The van der Waals surface area contributed by atoms with Gasteiger partial charge >= 0.3 is 0 Å². The number of nitrogens with two attached hydrogens (primary N) is 1. The molecule has 7 nitrogen and oxygen atoms in total. The van der Waals surface area contributed by atoms with Crippen LogP contribution in [0.1, 0.15) is 82.4 Å². The maximum absolute atomic E-state index is 13.3. The third-order valence-electron chi connectivity index (χ3n) is 8.77. The minimum absolute atomic E-state index is 0.105. The topological polar surface area (TPSA) is 93.7 Å². The number of carbonyl (C=O) groups is 2. The van der Waals surface area contributed by atoms with E-state index >= 15 is 0 Å². The Bertz CT molecular complexity index is 952. The lowest BCUT2D eigenvalue weighted by atomic mass is 9.79. The average molecular weight is 508 g/mol. The Labute approximate surface area is 223 Å². The predicted molar refractivity (Wildman–Crippen MR) is 145 cm³/mol. The number of hydrogen-bond donors (Lipinski definition) is 1. The van der Waals surface area contributed by atoms with Crippen molar-refractivity contribution in [3.05, 3.63) is 35.4 Å². The van der Waals surface area contributed by atoms with Crippen LogP contribution in [0.3, 0.4) is 0 Å². The summed E-state index contributed by atoms with van der Waals surface area (Å²) in [7, 11) is 0. The third-order valence-corrected chi connectivity index (χ3v) is 8.77. The minimum Gasteiger partial charge on any atom is -0.330 e. The monoisotopic (exact) mass is 507 g/mol. The van der Waals surface area contributed by atoms with Gasteiger partial charge in [0, 0.05) is 31.2 Å². The van der Waals surface area contributed by atoms with Gasteiger partial charge in [0.05, 0.1) is 18.7 Å². The standard InChI is InChI=1S/C23H37N3O.C7H8N2O/c1-4-21-15-25(14-18(3)24)16-22(27)26(21)23(19-8-6-5-7-9-19)20-12-10-17(2)11-13-20;8-3-6-1-5-2-7(5)9(6)4-10/h10-13,18-19,21,23H,4-9,14-16,24H2,1-3H3;4-7H,1-2H2/t18?,21-,23?;/m0./s1. The van der Waals surface area contributed by atoms with Crippen LogP contribution < -0.4 is 5.73 Å². The number of piperidine rings is 1. The van der Waals surface area contributed by atoms with E-state index in [-0.39, 0.29) is 30.1 Å². The van der Waals surface area contributed by atoms with E-state index in [4.69, 9.17) is 11.0 Å². The molecular weight excluding hydrogens is 462 g/mol. The molecule has 2 aliphatic carbocycles. The zero-order valence-corrected chi connectivity index (χ0v) is 22.9. The van der Waals surface area contributed by atoms with E-state index in [2.05, 4.69) is 54.0 Å². The number of amides is 2. The molecule has 2 heterocycles. The number of hydrogen-bond acceptors (Lipinski definition) is 5. The van der Waals surface area contributed by atoms with E-state index in [9.17, 15) is 9.59 Å². The van der Waals surface area contributed by atoms with Crippen molar-refractivity contribution in [3.8, 4) is 6.07 Å². The predicted octanol–water partition coefficient (Wildman–Crippen LogP) is 4.02. The van der Waals surface area contributed by atoms with Crippen molar-refractivity contribution in [2.24, 2.45) is 17.6 Å². The highest BCUT2D eigenvalue weighted by Gasteiger charge is 2.51. The second-order valence-corrected chi connectivity index (χ2v) is 11.8. The Morgan fingerprint density at radius 2 is 1.86 bits per heavy atom. The third kappa shape index (κ3) is 6.53. The molecule has 2 aliphatic heterocycles. The van der Waals surface area contributed by atoms with E-state index in [1.807, 2.05) is 6.92 Å². The first kappa shape index (κ1) is 27.6. The van der Waals surface area contributed by atoms with Crippen LogP contribution in [0, 0.1) is 30.1 Å². The van der Waals surface area contributed by atoms with Crippen LogP contribution in [0.25, 0.3) is 0 Å². The van der Waals surface area contributed by atoms with Gasteiger partial charge in [-0.05, 0) is 63.4 Å². The summed E-state index contributed by atoms with van der Waals surface area (Å²) in [5.41, 5.74) is 8.60. The van der Waals surface area contributed by atoms with Crippen LogP contribution in [-0.4, -0.2) is 70.8 Å². The molecule has 0 bridgehead atoms. The van der Waals surface area contributed by atoms with Crippen molar-refractivity contribution < 1.29 is 9.59 Å². The Balaban J connectivity index is 0.000000265. The molecule has 1 aromatic rings. The fourth-order valence-corrected chi connectivity index (χ4v) is 6.82. The Morgan fingerprint density at radius 3 is 2.43 bits per heavy atom. The number of nitriles is 1. The molecule has 2 N–H and O–H groups in total. The summed E-state index contributed by atoms with van der Waals surface area (Å²) in [6.07, 6.45) is 10.2. The molecule has 0 aromatic heterocycles. The Morgan fingerprint density at radius 1 is 1.16 bits per heavy atom. The number of carbonyl (C=O) groups excluding carboxylic acids is 2. The summed E-state index contributed by atoms with van der Waals surface area (Å²) < 4.78 is 0. The number of fused-ring (bicyclic) bond motifs is 1. The van der Waals surface area contributed by atoms with Crippen LogP contribution in [-0.2, 0) is 9.59 Å². The van der Waals surface area contributed by atoms with Crippen LogP contribution in [0.2, 0.25) is 0 Å². The van der Waals surface area contributed by atoms with Crippen molar-refractivity contribution in [1.82, 2.24) is 14.7 Å². The highest BCUT2D eigenvalue weighted by Crippen LogP contribution is 2.46. The molecule has 0 spiro atoms. The summed E-state index contributed by atoms with van der Waals surface area (Å²) in [5, 5.41) is 8.56. The van der Waals surface area contributed by atoms with Gasteiger partial charge in [-0.1, -0.05) is 56.0 Å². The maximum atomic E-state index is 13.3. The molecule has 5 rings (SSSR count). The molecule has 2 saturated carbocycles. The number of benzene rings is 1. The van der Waals surface area contributed by atoms with Gasteiger partial charge in [-0.2, -0.15) is 5.26 Å². The van der Waals surface area contributed by atoms with E-state index in [1.165, 1.54) is 43.2 Å². The normalized spacial score (nSPS) is 29.5. The first-order valence-corrected chi connectivity index (χ1v) is 14.3. The Kier molecular flexibility index (Phi) is 9.26. The van der Waals surface area contributed by atoms with Crippen molar-refractivity contribution >= 4 is 12.3 Å². The molecular formula is C30H45N5O2. The number of nitrogens with zero attached hydrogens (tertiary/aromatic N) is 4. The largest absolute Gasteiger partial charge is 0.330 e. The highest BCUT2D eigenvalue weighted by molar-refractivity contribution is 5.80. The van der Waals surface area contributed by atoms with Crippen molar-refractivity contribution in [1.29, 1.82) is 5.26 Å². The molecule has 7 heteroatoms. The van der Waals surface area contributed by atoms with E-state index in [0.717, 1.165) is 38.8 Å². The molecule has 202 valence electrons. The van der Waals surface area contributed by atoms with Gasteiger partial charge in [0.25, 0.3) is 0 Å². The molecule has 4 aliphatic rings. The van der Waals surface area contributed by atoms with Crippen molar-refractivity contribution in [2.75, 3.05) is 19.6 Å².